The van der Waals surface area contributed by atoms with E-state index < -0.39 is 0 Å². The second-order valence-corrected chi connectivity index (χ2v) is 5.17. The highest BCUT2D eigenvalue weighted by Gasteiger charge is 2.23. The Morgan fingerprint density at radius 2 is 2.19 bits per heavy atom. The molecule has 0 fully saturated rings. The molecule has 21 heavy (non-hydrogen) atoms. The van der Waals surface area contributed by atoms with Crippen molar-refractivity contribution in [3.8, 4) is 5.75 Å². The van der Waals surface area contributed by atoms with E-state index in [-0.39, 0.29) is 16.8 Å². The van der Waals surface area contributed by atoms with Gasteiger partial charge in [0.05, 0.1) is 18.2 Å². The molecule has 0 saturated heterocycles. The fraction of sp³-hybridized carbons (Fsp3) is 0.267. The first-order chi connectivity index (χ1) is 10.2. The maximum atomic E-state index is 11.2. The quantitative estimate of drug-likeness (QED) is 0.697. The fourth-order valence-electron chi connectivity index (χ4n) is 2.42. The number of nitrogens with one attached hydrogen (secondary N) is 1. The van der Waals surface area contributed by atoms with Crippen LogP contribution in [0.4, 0.5) is 5.82 Å². The second-order valence-electron chi connectivity index (χ2n) is 4.81. The minimum atomic E-state index is 0.0269. The van der Waals surface area contributed by atoms with Crippen molar-refractivity contribution in [2.45, 2.75) is 19.4 Å². The molecular formula is C15H14ClN3O2. The van der Waals surface area contributed by atoms with Crippen molar-refractivity contribution < 1.29 is 9.53 Å². The lowest BCUT2D eigenvalue weighted by atomic mass is 10.0. The first-order valence-electron chi connectivity index (χ1n) is 6.66. The smallest absolute Gasteiger partial charge is 0.156 e. The number of anilines is 1. The third kappa shape index (κ3) is 2.69. The van der Waals surface area contributed by atoms with Gasteiger partial charge in [-0.3, -0.25) is 4.79 Å². The standard InChI is InChI=1S/C15H14ClN3O2/c1-9-17-14(16)11(8-20)15(18-9)19-12-6-7-21-13-5-3-2-4-10(12)13/h2-5,8,12H,6-7H2,1H3,(H,17,18,19). The van der Waals surface area contributed by atoms with Crippen molar-refractivity contribution in [3.63, 3.8) is 0 Å². The van der Waals surface area contributed by atoms with Gasteiger partial charge in [-0.2, -0.15) is 0 Å². The number of benzene rings is 1. The number of carbonyl (C=O) groups excluding carboxylic acids is 1. The number of halogens is 1. The summed E-state index contributed by atoms with van der Waals surface area (Å²) >= 11 is 6.01. The summed E-state index contributed by atoms with van der Waals surface area (Å²) in [6.45, 7) is 2.35. The first kappa shape index (κ1) is 13.8. The average molecular weight is 304 g/mol. The summed E-state index contributed by atoms with van der Waals surface area (Å²) < 4.78 is 5.63. The van der Waals surface area contributed by atoms with Crippen LogP contribution in [0.3, 0.4) is 0 Å². The SMILES string of the molecule is Cc1nc(Cl)c(C=O)c(NC2CCOc3ccccc32)n1. The minimum Gasteiger partial charge on any atom is -0.493 e. The number of nitrogens with zero attached hydrogens (tertiary/aromatic N) is 2. The Kier molecular flexibility index (Phi) is 3.75. The summed E-state index contributed by atoms with van der Waals surface area (Å²) in [5.41, 5.74) is 1.33. The van der Waals surface area contributed by atoms with Crippen molar-refractivity contribution in [3.05, 3.63) is 46.4 Å². The Balaban J connectivity index is 1.97. The lowest BCUT2D eigenvalue weighted by molar-refractivity contribution is 0.112. The van der Waals surface area contributed by atoms with E-state index in [9.17, 15) is 4.79 Å². The number of hydrogen-bond donors (Lipinski definition) is 1. The van der Waals surface area contributed by atoms with Crippen molar-refractivity contribution in [2.24, 2.45) is 0 Å². The molecule has 0 amide bonds. The molecule has 5 nitrogen and oxygen atoms in total. The van der Waals surface area contributed by atoms with Crippen LogP contribution in [0.25, 0.3) is 0 Å². The molecule has 108 valence electrons. The molecule has 1 unspecified atom stereocenters. The van der Waals surface area contributed by atoms with E-state index >= 15 is 0 Å². The Morgan fingerprint density at radius 1 is 1.38 bits per heavy atom. The third-order valence-corrected chi connectivity index (χ3v) is 3.69. The molecule has 3 rings (SSSR count). The van der Waals surface area contributed by atoms with Crippen molar-refractivity contribution in [1.29, 1.82) is 0 Å². The number of aromatic nitrogens is 2. The van der Waals surface area contributed by atoms with Gasteiger partial charge in [-0.1, -0.05) is 29.8 Å². The zero-order valence-electron chi connectivity index (χ0n) is 11.5. The van der Waals surface area contributed by atoms with E-state index in [4.69, 9.17) is 16.3 Å². The maximum Gasteiger partial charge on any atom is 0.156 e. The molecule has 1 aliphatic rings. The van der Waals surface area contributed by atoms with Crippen molar-refractivity contribution >= 4 is 23.7 Å². The largest absolute Gasteiger partial charge is 0.493 e. The number of para-hydroxylation sites is 1. The van der Waals surface area contributed by atoms with Gasteiger partial charge in [-0.05, 0) is 13.0 Å². The van der Waals surface area contributed by atoms with Gasteiger partial charge in [0.1, 0.15) is 22.5 Å². The first-order valence-corrected chi connectivity index (χ1v) is 7.04. The Morgan fingerprint density at radius 3 is 3.00 bits per heavy atom. The van der Waals surface area contributed by atoms with Gasteiger partial charge in [0.15, 0.2) is 6.29 Å². The summed E-state index contributed by atoms with van der Waals surface area (Å²) in [6.07, 6.45) is 1.46. The molecule has 1 aliphatic heterocycles. The van der Waals surface area contributed by atoms with Gasteiger partial charge < -0.3 is 10.1 Å². The van der Waals surface area contributed by atoms with E-state index in [1.165, 1.54) is 0 Å². The number of rotatable bonds is 3. The molecule has 6 heteroatoms. The Bertz CT molecular complexity index is 691. The molecule has 0 radical (unpaired) electrons. The summed E-state index contributed by atoms with van der Waals surface area (Å²) in [5.74, 6) is 1.84. The highest BCUT2D eigenvalue weighted by atomic mass is 35.5. The van der Waals surface area contributed by atoms with Crippen LogP contribution in [0, 0.1) is 6.92 Å². The molecule has 0 bridgehead atoms. The molecule has 0 saturated carbocycles. The van der Waals surface area contributed by atoms with E-state index in [0.29, 0.717) is 24.5 Å². The molecule has 0 spiro atoms. The fourth-order valence-corrected chi connectivity index (χ4v) is 2.67. The highest BCUT2D eigenvalue weighted by molar-refractivity contribution is 6.32. The maximum absolute atomic E-state index is 11.2. The van der Waals surface area contributed by atoms with Gasteiger partial charge in [-0.15, -0.1) is 0 Å². The molecule has 1 atom stereocenters. The predicted octanol–water partition coefficient (Wildman–Crippen LogP) is 3.19. The lowest BCUT2D eigenvalue weighted by Crippen LogP contribution is -2.21. The number of aldehydes is 1. The van der Waals surface area contributed by atoms with E-state index in [1.54, 1.807) is 6.92 Å². The Hall–Kier alpha value is -2.14. The summed E-state index contributed by atoms with van der Waals surface area (Å²) in [5, 5.41) is 3.46. The van der Waals surface area contributed by atoms with Crippen LogP contribution in [0.1, 0.15) is 34.2 Å². The summed E-state index contributed by atoms with van der Waals surface area (Å²) in [4.78, 5) is 19.5. The van der Waals surface area contributed by atoms with Crippen LogP contribution in [0.2, 0.25) is 5.15 Å². The van der Waals surface area contributed by atoms with Crippen LogP contribution in [-0.4, -0.2) is 22.9 Å². The van der Waals surface area contributed by atoms with E-state index in [0.717, 1.165) is 17.7 Å². The highest BCUT2D eigenvalue weighted by Crippen LogP contribution is 2.34. The van der Waals surface area contributed by atoms with Gasteiger partial charge >= 0.3 is 0 Å². The zero-order chi connectivity index (χ0) is 14.8. The summed E-state index contributed by atoms with van der Waals surface area (Å²) in [7, 11) is 0. The van der Waals surface area contributed by atoms with Gasteiger partial charge in [-0.25, -0.2) is 9.97 Å². The van der Waals surface area contributed by atoms with Crippen molar-refractivity contribution in [1.82, 2.24) is 9.97 Å². The van der Waals surface area contributed by atoms with Gasteiger partial charge in [0, 0.05) is 12.0 Å². The molecular weight excluding hydrogens is 290 g/mol. The number of ether oxygens (including phenoxy) is 1. The minimum absolute atomic E-state index is 0.0269. The second kappa shape index (κ2) is 5.69. The van der Waals surface area contributed by atoms with E-state index in [2.05, 4.69) is 15.3 Å². The Labute approximate surface area is 127 Å². The number of fused-ring (bicyclic) bond motifs is 1. The van der Waals surface area contributed by atoms with Crippen LogP contribution in [0.5, 0.6) is 5.75 Å². The molecule has 0 aliphatic carbocycles. The summed E-state index contributed by atoms with van der Waals surface area (Å²) in [6, 6.07) is 7.86. The van der Waals surface area contributed by atoms with Crippen LogP contribution < -0.4 is 10.1 Å². The normalized spacial score (nSPS) is 16.8. The third-order valence-electron chi connectivity index (χ3n) is 3.40. The topological polar surface area (TPSA) is 64.1 Å². The van der Waals surface area contributed by atoms with Gasteiger partial charge in [0.2, 0.25) is 0 Å². The number of carbonyl (C=O) groups is 1. The van der Waals surface area contributed by atoms with E-state index in [1.807, 2.05) is 24.3 Å². The molecule has 1 N–H and O–H groups in total. The van der Waals surface area contributed by atoms with Crippen LogP contribution >= 0.6 is 11.6 Å². The molecule has 2 heterocycles. The molecule has 1 aromatic carbocycles. The number of aryl methyl sites for hydroxylation is 1. The predicted molar refractivity (Wildman–Crippen MR) is 80.1 cm³/mol. The van der Waals surface area contributed by atoms with Crippen molar-refractivity contribution in [2.75, 3.05) is 11.9 Å². The van der Waals surface area contributed by atoms with Crippen LogP contribution in [-0.2, 0) is 0 Å². The monoisotopic (exact) mass is 303 g/mol. The van der Waals surface area contributed by atoms with Crippen LogP contribution in [0.15, 0.2) is 24.3 Å². The molecule has 2 aromatic rings. The molecule has 1 aromatic heterocycles. The zero-order valence-corrected chi connectivity index (χ0v) is 12.2. The average Bonchev–Trinajstić information content (AvgIpc) is 2.47. The lowest BCUT2D eigenvalue weighted by Gasteiger charge is -2.27. The van der Waals surface area contributed by atoms with Gasteiger partial charge in [0.25, 0.3) is 0 Å². The number of hydrogen-bond acceptors (Lipinski definition) is 5.